The molecule has 2 rings (SSSR count). The number of halogens is 1. The van der Waals surface area contributed by atoms with Crippen LogP contribution in [0.4, 0.5) is 5.69 Å². The van der Waals surface area contributed by atoms with Crippen LogP contribution in [0.3, 0.4) is 0 Å². The van der Waals surface area contributed by atoms with E-state index in [4.69, 9.17) is 11.6 Å². The SMILES string of the molecule is CCN(CC)S(=O)(=O)c1ccc(Cl)c(NC(=O)/C=C/c2ccccc2)c1. The molecule has 1 amide bonds. The number of carbonyl (C=O) groups is 1. The van der Waals surface area contributed by atoms with E-state index in [1.165, 1.54) is 28.6 Å². The average Bonchev–Trinajstić information content (AvgIpc) is 2.63. The van der Waals surface area contributed by atoms with E-state index in [9.17, 15) is 13.2 Å². The predicted octanol–water partition coefficient (Wildman–Crippen LogP) is 4.02. The van der Waals surface area contributed by atoms with E-state index in [1.807, 2.05) is 30.3 Å². The normalized spacial score (nSPS) is 11.8. The van der Waals surface area contributed by atoms with E-state index in [0.717, 1.165) is 5.56 Å². The summed E-state index contributed by atoms with van der Waals surface area (Å²) in [4.78, 5) is 12.2. The first-order valence-electron chi connectivity index (χ1n) is 8.22. The lowest BCUT2D eigenvalue weighted by atomic mass is 10.2. The van der Waals surface area contributed by atoms with Gasteiger partial charge in [0, 0.05) is 19.2 Å². The molecular weight excluding hydrogens is 372 g/mol. The van der Waals surface area contributed by atoms with E-state index < -0.39 is 15.9 Å². The van der Waals surface area contributed by atoms with Crippen LogP contribution in [0.5, 0.6) is 0 Å². The average molecular weight is 393 g/mol. The van der Waals surface area contributed by atoms with Gasteiger partial charge in [-0.3, -0.25) is 4.79 Å². The molecular formula is C19H21ClN2O3S. The van der Waals surface area contributed by atoms with Gasteiger partial charge < -0.3 is 5.32 Å². The van der Waals surface area contributed by atoms with E-state index in [2.05, 4.69) is 5.32 Å². The molecule has 0 aliphatic carbocycles. The Bertz CT molecular complexity index is 892. The first-order chi connectivity index (χ1) is 12.4. The fourth-order valence-electron chi connectivity index (χ4n) is 2.38. The van der Waals surface area contributed by atoms with Crippen LogP contribution in [-0.4, -0.2) is 31.7 Å². The summed E-state index contributed by atoms with van der Waals surface area (Å²) in [5, 5.41) is 2.90. The topological polar surface area (TPSA) is 66.5 Å². The number of hydrogen-bond acceptors (Lipinski definition) is 3. The maximum atomic E-state index is 12.6. The first-order valence-corrected chi connectivity index (χ1v) is 10.0. The smallest absolute Gasteiger partial charge is 0.248 e. The van der Waals surface area contributed by atoms with Crippen LogP contribution in [0, 0.1) is 0 Å². The Morgan fingerprint density at radius 2 is 1.77 bits per heavy atom. The highest BCUT2D eigenvalue weighted by Gasteiger charge is 2.22. The van der Waals surface area contributed by atoms with Crippen molar-refractivity contribution in [1.82, 2.24) is 4.31 Å². The highest BCUT2D eigenvalue weighted by atomic mass is 35.5. The Labute approximate surface area is 159 Å². The van der Waals surface area contributed by atoms with Gasteiger partial charge >= 0.3 is 0 Å². The molecule has 0 spiro atoms. The molecule has 0 unspecified atom stereocenters. The third-order valence-electron chi connectivity index (χ3n) is 3.77. The van der Waals surface area contributed by atoms with Crippen molar-refractivity contribution in [3.63, 3.8) is 0 Å². The van der Waals surface area contributed by atoms with Crippen LogP contribution in [0.1, 0.15) is 19.4 Å². The van der Waals surface area contributed by atoms with Crippen LogP contribution in [0.15, 0.2) is 59.5 Å². The molecule has 0 aliphatic heterocycles. The fourth-order valence-corrected chi connectivity index (χ4v) is 4.03. The molecule has 0 heterocycles. The maximum absolute atomic E-state index is 12.6. The van der Waals surface area contributed by atoms with Gasteiger partial charge in [-0.2, -0.15) is 4.31 Å². The van der Waals surface area contributed by atoms with Crippen molar-refractivity contribution < 1.29 is 13.2 Å². The largest absolute Gasteiger partial charge is 0.321 e. The zero-order valence-electron chi connectivity index (χ0n) is 14.6. The minimum Gasteiger partial charge on any atom is -0.321 e. The number of sulfonamides is 1. The molecule has 0 aliphatic rings. The van der Waals surface area contributed by atoms with Gasteiger partial charge in [-0.15, -0.1) is 0 Å². The fraction of sp³-hybridized carbons (Fsp3) is 0.211. The number of nitrogens with one attached hydrogen (secondary N) is 1. The van der Waals surface area contributed by atoms with E-state index in [0.29, 0.717) is 13.1 Å². The number of rotatable bonds is 7. The van der Waals surface area contributed by atoms with Crippen molar-refractivity contribution in [2.24, 2.45) is 0 Å². The molecule has 0 radical (unpaired) electrons. The molecule has 1 N–H and O–H groups in total. The van der Waals surface area contributed by atoms with Gasteiger partial charge in [-0.25, -0.2) is 8.42 Å². The summed E-state index contributed by atoms with van der Waals surface area (Å²) in [5.41, 5.74) is 1.13. The van der Waals surface area contributed by atoms with Crippen LogP contribution in [0.2, 0.25) is 5.02 Å². The van der Waals surface area contributed by atoms with Crippen molar-refractivity contribution in [3.05, 3.63) is 65.2 Å². The van der Waals surface area contributed by atoms with Crippen molar-refractivity contribution >= 4 is 39.3 Å². The summed E-state index contributed by atoms with van der Waals surface area (Å²) in [5.74, 6) is -0.395. The third-order valence-corrected chi connectivity index (χ3v) is 6.14. The maximum Gasteiger partial charge on any atom is 0.248 e. The monoisotopic (exact) mass is 392 g/mol. The lowest BCUT2D eigenvalue weighted by molar-refractivity contribution is -0.111. The van der Waals surface area contributed by atoms with Crippen LogP contribution >= 0.6 is 11.6 Å². The summed E-state index contributed by atoms with van der Waals surface area (Å²) in [7, 11) is -3.63. The van der Waals surface area contributed by atoms with Crippen molar-refractivity contribution in [1.29, 1.82) is 0 Å². The Balaban J connectivity index is 2.22. The number of nitrogens with zero attached hydrogens (tertiary/aromatic N) is 1. The Hall–Kier alpha value is -2.15. The van der Waals surface area contributed by atoms with Gasteiger partial charge in [0.15, 0.2) is 0 Å². The van der Waals surface area contributed by atoms with Gasteiger partial charge in [0.05, 0.1) is 15.6 Å². The Morgan fingerprint density at radius 1 is 1.12 bits per heavy atom. The Morgan fingerprint density at radius 3 is 2.38 bits per heavy atom. The molecule has 138 valence electrons. The number of anilines is 1. The van der Waals surface area contributed by atoms with Crippen molar-refractivity contribution in [2.45, 2.75) is 18.7 Å². The van der Waals surface area contributed by atoms with Crippen LogP contribution < -0.4 is 5.32 Å². The molecule has 0 saturated heterocycles. The second kappa shape index (κ2) is 8.98. The van der Waals surface area contributed by atoms with E-state index in [-0.39, 0.29) is 15.6 Å². The molecule has 26 heavy (non-hydrogen) atoms. The third kappa shape index (κ3) is 4.94. The molecule has 0 fully saturated rings. The van der Waals surface area contributed by atoms with Crippen LogP contribution in [-0.2, 0) is 14.8 Å². The highest BCUT2D eigenvalue weighted by molar-refractivity contribution is 7.89. The zero-order chi connectivity index (χ0) is 19.2. The number of benzene rings is 2. The summed E-state index contributed by atoms with van der Waals surface area (Å²) < 4.78 is 26.6. The van der Waals surface area contributed by atoms with Gasteiger partial charge in [0.1, 0.15) is 0 Å². The molecule has 0 saturated carbocycles. The standard InChI is InChI=1S/C19H21ClN2O3S/c1-3-22(4-2)26(24,25)16-11-12-17(20)18(14-16)21-19(23)13-10-15-8-6-5-7-9-15/h5-14H,3-4H2,1-2H3,(H,21,23)/b13-10+. The van der Waals surface area contributed by atoms with Crippen molar-refractivity contribution in [2.75, 3.05) is 18.4 Å². The lowest BCUT2D eigenvalue weighted by Gasteiger charge is -2.19. The molecule has 5 nitrogen and oxygen atoms in total. The summed E-state index contributed by atoms with van der Waals surface area (Å²) >= 11 is 6.11. The molecule has 0 aromatic heterocycles. The summed E-state index contributed by atoms with van der Waals surface area (Å²) in [6, 6.07) is 13.7. The predicted molar refractivity (Wildman–Crippen MR) is 106 cm³/mol. The van der Waals surface area contributed by atoms with E-state index >= 15 is 0 Å². The van der Waals surface area contributed by atoms with Gasteiger partial charge in [-0.05, 0) is 29.8 Å². The van der Waals surface area contributed by atoms with E-state index in [1.54, 1.807) is 19.9 Å². The van der Waals surface area contributed by atoms with Crippen molar-refractivity contribution in [3.8, 4) is 0 Å². The second-order valence-corrected chi connectivity index (χ2v) is 7.81. The molecule has 0 bridgehead atoms. The summed E-state index contributed by atoms with van der Waals surface area (Å²) in [6.45, 7) is 4.27. The molecule has 2 aromatic rings. The van der Waals surface area contributed by atoms with Gasteiger partial charge in [0.25, 0.3) is 0 Å². The first kappa shape index (κ1) is 20.2. The second-order valence-electron chi connectivity index (χ2n) is 5.46. The quantitative estimate of drug-likeness (QED) is 0.723. The molecule has 7 heteroatoms. The van der Waals surface area contributed by atoms with Gasteiger partial charge in [0.2, 0.25) is 15.9 Å². The minimum absolute atomic E-state index is 0.0907. The molecule has 0 atom stereocenters. The van der Waals surface area contributed by atoms with Crippen LogP contribution in [0.25, 0.3) is 6.08 Å². The minimum atomic E-state index is -3.63. The number of carbonyl (C=O) groups excluding carboxylic acids is 1. The zero-order valence-corrected chi connectivity index (χ0v) is 16.2. The van der Waals surface area contributed by atoms with Gasteiger partial charge in [-0.1, -0.05) is 55.8 Å². The number of amides is 1. The molecule has 2 aromatic carbocycles. The lowest BCUT2D eigenvalue weighted by Crippen LogP contribution is -2.30. The summed E-state index contributed by atoms with van der Waals surface area (Å²) in [6.07, 6.45) is 3.04. The number of hydrogen-bond donors (Lipinski definition) is 1. The Kier molecular flexibility index (Phi) is 6.97. The highest BCUT2D eigenvalue weighted by Crippen LogP contribution is 2.27.